The number of rotatable bonds is 5. The summed E-state index contributed by atoms with van der Waals surface area (Å²) in [5.41, 5.74) is 1.80. The topological polar surface area (TPSA) is 102 Å². The van der Waals surface area contributed by atoms with Gasteiger partial charge < -0.3 is 14.8 Å². The van der Waals surface area contributed by atoms with Crippen molar-refractivity contribution in [1.82, 2.24) is 29.7 Å². The summed E-state index contributed by atoms with van der Waals surface area (Å²) in [7, 11) is 0. The van der Waals surface area contributed by atoms with Crippen molar-refractivity contribution in [3.05, 3.63) is 42.5 Å². The Hall–Kier alpha value is -3.40. The number of carbonyl (C=O) groups excluding carboxylic acids is 1. The molecule has 1 aliphatic rings. The molecule has 0 aliphatic carbocycles. The van der Waals surface area contributed by atoms with Gasteiger partial charge in [0.05, 0.1) is 10.9 Å². The molecule has 9 nitrogen and oxygen atoms in total. The van der Waals surface area contributed by atoms with Gasteiger partial charge in [0.1, 0.15) is 29.0 Å². The smallest absolute Gasteiger partial charge is 0.275 e. The molecule has 0 bridgehead atoms. The van der Waals surface area contributed by atoms with Crippen LogP contribution in [0.5, 0.6) is 0 Å². The third kappa shape index (κ3) is 4.05. The van der Waals surface area contributed by atoms with E-state index >= 15 is 0 Å². The number of nitrogens with zero attached hydrogens (tertiary/aromatic N) is 7. The molecule has 4 aromatic heterocycles. The Bertz CT molecular complexity index is 1260. The Balaban J connectivity index is 1.36. The Morgan fingerprint density at radius 2 is 2.00 bits per heavy atom. The maximum absolute atomic E-state index is 12.9. The van der Waals surface area contributed by atoms with E-state index in [0.29, 0.717) is 23.0 Å². The number of thiazole rings is 1. The van der Waals surface area contributed by atoms with Crippen molar-refractivity contribution in [3.8, 4) is 11.5 Å². The van der Waals surface area contributed by atoms with Crippen LogP contribution in [0.4, 0.5) is 10.9 Å². The number of piperidine rings is 1. The molecule has 1 amide bonds. The molecular formula is C22H24N8OS. The van der Waals surface area contributed by atoms with Gasteiger partial charge in [-0.2, -0.15) is 0 Å². The van der Waals surface area contributed by atoms with Gasteiger partial charge in [0, 0.05) is 19.1 Å². The van der Waals surface area contributed by atoms with Gasteiger partial charge in [-0.15, -0.1) is 10.2 Å². The Morgan fingerprint density at radius 1 is 1.16 bits per heavy atom. The van der Waals surface area contributed by atoms with Crippen LogP contribution in [-0.4, -0.2) is 48.7 Å². The highest BCUT2D eigenvalue weighted by atomic mass is 32.1. The monoisotopic (exact) mass is 448 g/mol. The summed E-state index contributed by atoms with van der Waals surface area (Å²) in [6.45, 7) is 6.17. The highest BCUT2D eigenvalue weighted by Crippen LogP contribution is 2.30. The van der Waals surface area contributed by atoms with Crippen molar-refractivity contribution in [3.63, 3.8) is 0 Å². The molecule has 32 heavy (non-hydrogen) atoms. The maximum Gasteiger partial charge on any atom is 0.275 e. The lowest BCUT2D eigenvalue weighted by atomic mass is 10.1. The van der Waals surface area contributed by atoms with Crippen molar-refractivity contribution >= 4 is 38.4 Å². The van der Waals surface area contributed by atoms with Crippen molar-refractivity contribution in [2.75, 3.05) is 23.3 Å². The molecule has 1 aliphatic heterocycles. The fraction of sp³-hybridized carbons (Fsp3) is 0.364. The highest BCUT2D eigenvalue weighted by Gasteiger charge is 2.18. The van der Waals surface area contributed by atoms with Gasteiger partial charge in [0.2, 0.25) is 0 Å². The van der Waals surface area contributed by atoms with E-state index in [0.717, 1.165) is 28.4 Å². The Morgan fingerprint density at radius 3 is 2.81 bits per heavy atom. The number of anilines is 2. The lowest BCUT2D eigenvalue weighted by Gasteiger charge is -2.25. The van der Waals surface area contributed by atoms with Crippen LogP contribution in [0.2, 0.25) is 0 Å². The van der Waals surface area contributed by atoms with E-state index in [2.05, 4.69) is 44.2 Å². The number of nitrogens with one attached hydrogen (secondary N) is 1. The van der Waals surface area contributed by atoms with Gasteiger partial charge >= 0.3 is 0 Å². The summed E-state index contributed by atoms with van der Waals surface area (Å²) in [6, 6.07) is 7.43. The summed E-state index contributed by atoms with van der Waals surface area (Å²) in [5.74, 6) is 0.784. The van der Waals surface area contributed by atoms with E-state index in [1.807, 2.05) is 16.7 Å². The molecular weight excluding hydrogens is 424 g/mol. The summed E-state index contributed by atoms with van der Waals surface area (Å²) >= 11 is 1.61. The first-order valence-electron chi connectivity index (χ1n) is 10.8. The van der Waals surface area contributed by atoms with Crippen LogP contribution in [0.15, 0.2) is 36.8 Å². The Labute approximate surface area is 189 Å². The number of hydrogen-bond donors (Lipinski definition) is 1. The predicted molar refractivity (Wildman–Crippen MR) is 125 cm³/mol. The predicted octanol–water partition coefficient (Wildman–Crippen LogP) is 4.17. The number of hydrogen-bond acceptors (Lipinski definition) is 8. The van der Waals surface area contributed by atoms with Crippen molar-refractivity contribution in [2.24, 2.45) is 0 Å². The maximum atomic E-state index is 12.9. The normalized spacial score (nSPS) is 14.3. The molecule has 164 valence electrons. The second-order valence-electron chi connectivity index (χ2n) is 8.10. The van der Waals surface area contributed by atoms with Crippen LogP contribution in [0.25, 0.3) is 21.7 Å². The van der Waals surface area contributed by atoms with Crippen LogP contribution in [0, 0.1) is 0 Å². The van der Waals surface area contributed by atoms with E-state index in [4.69, 9.17) is 4.98 Å². The minimum Gasteiger partial charge on any atom is -0.348 e. The first-order chi connectivity index (χ1) is 15.6. The quantitative estimate of drug-likeness (QED) is 0.489. The third-order valence-corrected chi connectivity index (χ3v) is 6.55. The number of amides is 1. The second-order valence-corrected chi connectivity index (χ2v) is 9.11. The van der Waals surface area contributed by atoms with E-state index in [1.165, 1.54) is 19.3 Å². The van der Waals surface area contributed by atoms with Crippen LogP contribution in [0.1, 0.15) is 49.6 Å². The first-order valence-corrected chi connectivity index (χ1v) is 11.6. The van der Waals surface area contributed by atoms with Gasteiger partial charge in [0.25, 0.3) is 5.91 Å². The molecule has 0 atom stereocenters. The van der Waals surface area contributed by atoms with Gasteiger partial charge in [-0.25, -0.2) is 15.0 Å². The molecule has 0 saturated carbocycles. The fourth-order valence-electron chi connectivity index (χ4n) is 3.78. The van der Waals surface area contributed by atoms with E-state index in [-0.39, 0.29) is 11.9 Å². The third-order valence-electron chi connectivity index (χ3n) is 5.47. The highest BCUT2D eigenvalue weighted by molar-refractivity contribution is 7.22. The van der Waals surface area contributed by atoms with E-state index < -0.39 is 0 Å². The molecule has 1 fully saturated rings. The van der Waals surface area contributed by atoms with Crippen LogP contribution >= 0.6 is 11.3 Å². The number of aromatic nitrogens is 6. The average molecular weight is 449 g/mol. The van der Waals surface area contributed by atoms with Crippen LogP contribution in [0.3, 0.4) is 0 Å². The molecule has 10 heteroatoms. The second kappa shape index (κ2) is 8.62. The SMILES string of the molecule is CC(C)n1cnnc1-c1cccc(NC(=O)c2cc3sc(N4CCCCC4)nc3cn2)n1. The van der Waals surface area contributed by atoms with Crippen LogP contribution in [-0.2, 0) is 0 Å². The lowest BCUT2D eigenvalue weighted by molar-refractivity contribution is 0.102. The van der Waals surface area contributed by atoms with Crippen LogP contribution < -0.4 is 10.2 Å². The van der Waals surface area contributed by atoms with Crippen molar-refractivity contribution < 1.29 is 4.79 Å². The van der Waals surface area contributed by atoms with Crippen molar-refractivity contribution in [1.29, 1.82) is 0 Å². The molecule has 5 rings (SSSR count). The standard InChI is InChI=1S/C22H24N8OS/c1-14(2)30-13-24-28-20(30)15-7-6-8-19(25-15)27-21(31)16-11-18-17(12-23-16)26-22(32-18)29-9-4-3-5-10-29/h6-8,11-14H,3-5,9-10H2,1-2H3,(H,25,27,31). The molecule has 0 aromatic carbocycles. The summed E-state index contributed by atoms with van der Waals surface area (Å²) in [6.07, 6.45) is 7.02. The van der Waals surface area contributed by atoms with Gasteiger partial charge in [-0.3, -0.25) is 4.79 Å². The molecule has 1 N–H and O–H groups in total. The Kier molecular flexibility index (Phi) is 5.52. The molecule has 0 radical (unpaired) electrons. The summed E-state index contributed by atoms with van der Waals surface area (Å²) in [4.78, 5) is 28.8. The van der Waals surface area contributed by atoms with Gasteiger partial charge in [-0.1, -0.05) is 17.4 Å². The summed E-state index contributed by atoms with van der Waals surface area (Å²) < 4.78 is 2.89. The molecule has 0 unspecified atom stereocenters. The summed E-state index contributed by atoms with van der Waals surface area (Å²) in [5, 5.41) is 12.0. The largest absolute Gasteiger partial charge is 0.348 e. The number of pyridine rings is 2. The van der Waals surface area contributed by atoms with E-state index in [1.54, 1.807) is 36.0 Å². The van der Waals surface area contributed by atoms with Gasteiger partial charge in [0.15, 0.2) is 11.0 Å². The number of fused-ring (bicyclic) bond motifs is 1. The van der Waals surface area contributed by atoms with E-state index in [9.17, 15) is 4.79 Å². The molecule has 0 spiro atoms. The fourth-order valence-corrected chi connectivity index (χ4v) is 4.80. The van der Waals surface area contributed by atoms with Crippen molar-refractivity contribution in [2.45, 2.75) is 39.2 Å². The van der Waals surface area contributed by atoms with Gasteiger partial charge in [-0.05, 0) is 51.3 Å². The molecule has 4 aromatic rings. The zero-order chi connectivity index (χ0) is 22.1. The zero-order valence-electron chi connectivity index (χ0n) is 18.0. The minimum absolute atomic E-state index is 0.199. The zero-order valence-corrected chi connectivity index (χ0v) is 18.8. The minimum atomic E-state index is -0.310. The lowest BCUT2D eigenvalue weighted by Crippen LogP contribution is -2.29. The molecule has 5 heterocycles. The number of carbonyl (C=O) groups is 1. The average Bonchev–Trinajstić information content (AvgIpc) is 3.47. The first kappa shape index (κ1) is 20.5. The molecule has 1 saturated heterocycles.